The zero-order chi connectivity index (χ0) is 17.9. The second-order valence-electron chi connectivity index (χ2n) is 6.34. The van der Waals surface area contributed by atoms with Gasteiger partial charge in [-0.05, 0) is 41.8 Å². The summed E-state index contributed by atoms with van der Waals surface area (Å²) in [5.74, 6) is 0.660. The summed E-state index contributed by atoms with van der Waals surface area (Å²) in [5.41, 5.74) is 5.75. The molecule has 4 rings (SSSR count). The van der Waals surface area contributed by atoms with Gasteiger partial charge >= 0.3 is 0 Å². The molecule has 27 heavy (non-hydrogen) atoms. The fraction of sp³-hybridized carbons (Fsp3) is 0.136. The number of nitrogens with one attached hydrogen (secondary N) is 1. The lowest BCUT2D eigenvalue weighted by atomic mass is 10.0. The van der Waals surface area contributed by atoms with Crippen molar-refractivity contribution in [1.29, 1.82) is 0 Å². The van der Waals surface area contributed by atoms with Crippen LogP contribution in [0.25, 0.3) is 10.9 Å². The second kappa shape index (κ2) is 8.47. The van der Waals surface area contributed by atoms with Crippen LogP contribution in [0.2, 0.25) is 5.02 Å². The number of hydrogen-bond donors (Lipinski definition) is 1. The summed E-state index contributed by atoms with van der Waals surface area (Å²) in [5, 5.41) is 1.78. The lowest BCUT2D eigenvalue weighted by Crippen LogP contribution is -1.99. The van der Waals surface area contributed by atoms with Gasteiger partial charge < -0.3 is 9.72 Å². The van der Waals surface area contributed by atoms with E-state index in [9.17, 15) is 0 Å². The summed E-state index contributed by atoms with van der Waals surface area (Å²) >= 11 is 5.95. The van der Waals surface area contributed by atoms with Gasteiger partial charge in [0.05, 0.1) is 10.9 Å². The van der Waals surface area contributed by atoms with Gasteiger partial charge in [-0.2, -0.15) is 0 Å². The number of pyridine rings is 1. The lowest BCUT2D eigenvalue weighted by molar-refractivity contribution is 0.298. The molecule has 0 saturated heterocycles. The minimum atomic E-state index is 0. The molecule has 1 N–H and O–H groups in total. The van der Waals surface area contributed by atoms with Crippen LogP contribution in [0, 0.1) is 6.92 Å². The van der Waals surface area contributed by atoms with Crippen LogP contribution in [0.15, 0.2) is 66.9 Å². The molecular weight excluding hydrogens is 379 g/mol. The molecule has 3 nitrogen and oxygen atoms in total. The van der Waals surface area contributed by atoms with Gasteiger partial charge in [0, 0.05) is 23.3 Å². The highest BCUT2D eigenvalue weighted by atomic mass is 35.5. The Morgan fingerprint density at radius 2 is 1.70 bits per heavy atom. The third-order valence-electron chi connectivity index (χ3n) is 4.51. The molecule has 0 unspecified atom stereocenters. The summed E-state index contributed by atoms with van der Waals surface area (Å²) in [6.45, 7) is 2.56. The van der Waals surface area contributed by atoms with E-state index in [2.05, 4.69) is 41.2 Å². The predicted octanol–water partition coefficient (Wildman–Crippen LogP) is 6.12. The van der Waals surface area contributed by atoms with E-state index in [4.69, 9.17) is 16.3 Å². The Morgan fingerprint density at radius 1 is 0.963 bits per heavy atom. The first-order valence-electron chi connectivity index (χ1n) is 8.58. The van der Waals surface area contributed by atoms with Crippen LogP contribution < -0.4 is 4.74 Å². The number of fused-ring (bicyclic) bond motifs is 1. The topological polar surface area (TPSA) is 37.9 Å². The molecule has 0 amide bonds. The molecule has 0 saturated carbocycles. The number of aromatic nitrogens is 2. The number of aromatic amines is 1. The Bertz CT molecular complexity index is 1030. The third-order valence-corrected chi connectivity index (χ3v) is 4.76. The summed E-state index contributed by atoms with van der Waals surface area (Å²) in [6.07, 6.45) is 2.62. The zero-order valence-corrected chi connectivity index (χ0v) is 16.5. The van der Waals surface area contributed by atoms with Crippen molar-refractivity contribution in [3.63, 3.8) is 0 Å². The molecule has 0 bridgehead atoms. The van der Waals surface area contributed by atoms with Crippen LogP contribution in [0.1, 0.15) is 22.4 Å². The average Bonchev–Trinajstić information content (AvgIpc) is 2.98. The first-order valence-corrected chi connectivity index (χ1v) is 8.96. The largest absolute Gasteiger partial charge is 0.472 e. The Morgan fingerprint density at radius 3 is 2.44 bits per heavy atom. The van der Waals surface area contributed by atoms with Crippen molar-refractivity contribution in [2.24, 2.45) is 0 Å². The van der Waals surface area contributed by atoms with Gasteiger partial charge in [0.2, 0.25) is 5.88 Å². The number of hydrogen-bond acceptors (Lipinski definition) is 2. The maximum atomic E-state index is 6.06. The number of H-pyrrole nitrogens is 1. The van der Waals surface area contributed by atoms with Crippen molar-refractivity contribution in [3.05, 3.63) is 94.3 Å². The molecule has 0 aliphatic heterocycles. The average molecular weight is 399 g/mol. The molecule has 5 heteroatoms. The van der Waals surface area contributed by atoms with Crippen molar-refractivity contribution < 1.29 is 4.74 Å². The SMILES string of the molecule is Cc1[nH]c2ccnc(OCc3ccc(Cl)cc3)c2c1Cc1ccccc1.Cl. The van der Waals surface area contributed by atoms with Crippen LogP contribution >= 0.6 is 24.0 Å². The number of nitrogens with zero attached hydrogens (tertiary/aromatic N) is 1. The molecule has 0 aliphatic carbocycles. The first kappa shape index (κ1) is 19.3. The highest BCUT2D eigenvalue weighted by Gasteiger charge is 2.15. The standard InChI is InChI=1S/C22H19ClN2O.ClH/c1-15-19(13-16-5-3-2-4-6-16)21-20(25-15)11-12-24-22(21)26-14-17-7-9-18(23)10-8-17;/h2-12,25H,13-14H2,1H3;1H. The quantitative estimate of drug-likeness (QED) is 0.439. The summed E-state index contributed by atoms with van der Waals surface area (Å²) in [6, 6.07) is 20.1. The smallest absolute Gasteiger partial charge is 0.223 e. The molecule has 138 valence electrons. The van der Waals surface area contributed by atoms with Crippen molar-refractivity contribution >= 4 is 34.9 Å². The van der Waals surface area contributed by atoms with Gasteiger partial charge in [-0.1, -0.05) is 54.1 Å². The second-order valence-corrected chi connectivity index (χ2v) is 6.78. The van der Waals surface area contributed by atoms with Crippen molar-refractivity contribution in [2.45, 2.75) is 20.0 Å². The Hall–Kier alpha value is -2.49. The fourth-order valence-electron chi connectivity index (χ4n) is 3.17. The highest BCUT2D eigenvalue weighted by Crippen LogP contribution is 2.31. The van der Waals surface area contributed by atoms with E-state index in [1.165, 1.54) is 11.1 Å². The van der Waals surface area contributed by atoms with E-state index in [0.717, 1.165) is 33.6 Å². The van der Waals surface area contributed by atoms with Crippen LogP contribution in [-0.4, -0.2) is 9.97 Å². The van der Waals surface area contributed by atoms with E-state index in [1.807, 2.05) is 36.4 Å². The first-order chi connectivity index (χ1) is 12.7. The third kappa shape index (κ3) is 4.26. The number of ether oxygens (including phenoxy) is 1. The van der Waals surface area contributed by atoms with Crippen LogP contribution in [0.3, 0.4) is 0 Å². The van der Waals surface area contributed by atoms with Gasteiger partial charge in [0.25, 0.3) is 0 Å². The van der Waals surface area contributed by atoms with E-state index >= 15 is 0 Å². The minimum absolute atomic E-state index is 0. The van der Waals surface area contributed by atoms with Gasteiger partial charge in [0.1, 0.15) is 6.61 Å². The van der Waals surface area contributed by atoms with E-state index in [1.54, 1.807) is 6.20 Å². The molecule has 2 heterocycles. The van der Waals surface area contributed by atoms with Gasteiger partial charge in [-0.15, -0.1) is 12.4 Å². The summed E-state index contributed by atoms with van der Waals surface area (Å²) in [7, 11) is 0. The molecule has 0 radical (unpaired) electrons. The maximum Gasteiger partial charge on any atom is 0.223 e. The van der Waals surface area contributed by atoms with Crippen molar-refractivity contribution in [2.75, 3.05) is 0 Å². The lowest BCUT2D eigenvalue weighted by Gasteiger charge is -2.09. The molecule has 0 aliphatic rings. The van der Waals surface area contributed by atoms with Gasteiger partial charge in [-0.3, -0.25) is 0 Å². The molecule has 0 spiro atoms. The van der Waals surface area contributed by atoms with Crippen molar-refractivity contribution in [3.8, 4) is 5.88 Å². The maximum absolute atomic E-state index is 6.06. The van der Waals surface area contributed by atoms with Gasteiger partial charge in [0.15, 0.2) is 0 Å². The Kier molecular flexibility index (Phi) is 6.04. The van der Waals surface area contributed by atoms with Crippen LogP contribution in [-0.2, 0) is 13.0 Å². The van der Waals surface area contributed by atoms with Crippen LogP contribution in [0.5, 0.6) is 5.88 Å². The molecule has 0 atom stereocenters. The van der Waals surface area contributed by atoms with E-state index < -0.39 is 0 Å². The Labute approximate surface area is 169 Å². The molecule has 2 aromatic heterocycles. The molecule has 4 aromatic rings. The number of aryl methyl sites for hydroxylation is 1. The van der Waals surface area contributed by atoms with E-state index in [0.29, 0.717) is 12.5 Å². The zero-order valence-electron chi connectivity index (χ0n) is 14.9. The normalized spacial score (nSPS) is 10.6. The molecular formula is C22H20Cl2N2O. The summed E-state index contributed by atoms with van der Waals surface area (Å²) in [4.78, 5) is 7.94. The monoisotopic (exact) mass is 398 g/mol. The van der Waals surface area contributed by atoms with Crippen molar-refractivity contribution in [1.82, 2.24) is 9.97 Å². The van der Waals surface area contributed by atoms with Gasteiger partial charge in [-0.25, -0.2) is 4.98 Å². The molecule has 0 fully saturated rings. The summed E-state index contributed by atoms with van der Waals surface area (Å²) < 4.78 is 6.06. The highest BCUT2D eigenvalue weighted by molar-refractivity contribution is 6.30. The molecule has 2 aromatic carbocycles. The fourth-order valence-corrected chi connectivity index (χ4v) is 3.29. The predicted molar refractivity (Wildman–Crippen MR) is 113 cm³/mol. The minimum Gasteiger partial charge on any atom is -0.472 e. The Balaban J connectivity index is 0.00000210. The number of rotatable bonds is 5. The number of benzene rings is 2. The van der Waals surface area contributed by atoms with Crippen LogP contribution in [0.4, 0.5) is 0 Å². The van der Waals surface area contributed by atoms with E-state index in [-0.39, 0.29) is 12.4 Å². The number of halogens is 2.